The molecule has 8 nitrogen and oxygen atoms in total. The van der Waals surface area contributed by atoms with Crippen molar-refractivity contribution in [3.63, 3.8) is 0 Å². The van der Waals surface area contributed by atoms with E-state index >= 15 is 0 Å². The summed E-state index contributed by atoms with van der Waals surface area (Å²) in [6.07, 6.45) is -2.39. The van der Waals surface area contributed by atoms with Crippen LogP contribution in [0.1, 0.15) is 43.0 Å². The first-order valence-electron chi connectivity index (χ1n) is 9.32. The van der Waals surface area contributed by atoms with Gasteiger partial charge in [0.2, 0.25) is 0 Å². The van der Waals surface area contributed by atoms with Crippen LogP contribution in [-0.4, -0.2) is 70.2 Å². The van der Waals surface area contributed by atoms with E-state index in [4.69, 9.17) is 9.47 Å². The van der Waals surface area contributed by atoms with Crippen molar-refractivity contribution in [3.05, 3.63) is 29.8 Å². The Kier molecular flexibility index (Phi) is 8.46. The Bertz CT molecular complexity index is 578. The molecule has 1 aliphatic rings. The zero-order chi connectivity index (χ0) is 19.8. The van der Waals surface area contributed by atoms with Crippen LogP contribution in [0.4, 0.5) is 0 Å². The van der Waals surface area contributed by atoms with E-state index in [2.05, 4.69) is 12.2 Å². The molecule has 27 heavy (non-hydrogen) atoms. The second kappa shape index (κ2) is 10.6. The van der Waals surface area contributed by atoms with Crippen molar-refractivity contribution in [3.8, 4) is 5.75 Å². The molecule has 152 valence electrons. The van der Waals surface area contributed by atoms with Gasteiger partial charge < -0.3 is 35.2 Å². The molecule has 1 aliphatic heterocycles. The summed E-state index contributed by atoms with van der Waals surface area (Å²) in [6.45, 7) is 2.22. The summed E-state index contributed by atoms with van der Waals surface area (Å²) in [6, 6.07) is 6.53. The molecular weight excluding hydrogens is 354 g/mol. The molecule has 8 heteroatoms. The van der Waals surface area contributed by atoms with Crippen molar-refractivity contribution in [1.29, 1.82) is 0 Å². The summed E-state index contributed by atoms with van der Waals surface area (Å²) in [4.78, 5) is 12.3. The summed E-state index contributed by atoms with van der Waals surface area (Å²) < 4.78 is 10.9. The lowest BCUT2D eigenvalue weighted by Gasteiger charge is -2.40. The quantitative estimate of drug-likeness (QED) is 0.385. The fourth-order valence-corrected chi connectivity index (χ4v) is 2.85. The van der Waals surface area contributed by atoms with E-state index in [1.807, 2.05) is 0 Å². The van der Waals surface area contributed by atoms with Gasteiger partial charge in [0.15, 0.2) is 6.23 Å². The Morgan fingerprint density at radius 2 is 1.78 bits per heavy atom. The molecule has 0 radical (unpaired) electrons. The molecule has 0 spiro atoms. The Morgan fingerprint density at radius 1 is 1.07 bits per heavy atom. The van der Waals surface area contributed by atoms with Gasteiger partial charge in [-0.1, -0.05) is 26.2 Å². The lowest BCUT2D eigenvalue weighted by molar-refractivity contribution is -0.233. The lowest BCUT2D eigenvalue weighted by Crippen LogP contribution is -2.63. The van der Waals surface area contributed by atoms with Crippen LogP contribution in [0.2, 0.25) is 0 Å². The fourth-order valence-electron chi connectivity index (χ4n) is 2.85. The van der Waals surface area contributed by atoms with Gasteiger partial charge in [0.1, 0.15) is 30.2 Å². The lowest BCUT2D eigenvalue weighted by atomic mass is 9.98. The molecule has 1 heterocycles. The van der Waals surface area contributed by atoms with E-state index in [1.54, 1.807) is 24.3 Å². The second-order valence-electron chi connectivity index (χ2n) is 6.66. The first kappa shape index (κ1) is 21.6. The molecule has 0 bridgehead atoms. The monoisotopic (exact) mass is 383 g/mol. The van der Waals surface area contributed by atoms with Gasteiger partial charge in [-0.25, -0.2) is 0 Å². The first-order valence-corrected chi connectivity index (χ1v) is 9.32. The third-order valence-electron chi connectivity index (χ3n) is 4.55. The Balaban J connectivity index is 1.88. The normalized spacial score (nSPS) is 28.0. The van der Waals surface area contributed by atoms with Crippen LogP contribution in [0.25, 0.3) is 0 Å². The number of hydrogen-bond donors (Lipinski definition) is 5. The maximum atomic E-state index is 12.3. The molecule has 0 saturated carbocycles. The largest absolute Gasteiger partial charge is 0.494 e. The van der Waals surface area contributed by atoms with E-state index in [9.17, 15) is 25.2 Å². The first-order chi connectivity index (χ1) is 13.0. The van der Waals surface area contributed by atoms with Gasteiger partial charge in [0, 0.05) is 5.56 Å². The highest BCUT2D eigenvalue weighted by Gasteiger charge is 2.44. The minimum atomic E-state index is -1.54. The summed E-state index contributed by atoms with van der Waals surface area (Å²) >= 11 is 0. The number of carbonyl (C=O) groups excluding carboxylic acids is 1. The van der Waals surface area contributed by atoms with Crippen molar-refractivity contribution in [2.45, 2.75) is 63.3 Å². The molecule has 1 amide bonds. The summed E-state index contributed by atoms with van der Waals surface area (Å²) in [5.41, 5.74) is 0.324. The molecule has 0 aliphatic carbocycles. The van der Waals surface area contributed by atoms with Crippen molar-refractivity contribution in [2.75, 3.05) is 13.2 Å². The van der Waals surface area contributed by atoms with Crippen LogP contribution in [0, 0.1) is 0 Å². The Hall–Kier alpha value is -1.71. The van der Waals surface area contributed by atoms with Crippen LogP contribution in [0.5, 0.6) is 5.75 Å². The van der Waals surface area contributed by atoms with Gasteiger partial charge in [-0.15, -0.1) is 0 Å². The molecule has 1 fully saturated rings. The van der Waals surface area contributed by atoms with Gasteiger partial charge in [-0.2, -0.15) is 0 Å². The summed E-state index contributed by atoms with van der Waals surface area (Å²) in [7, 11) is 0. The van der Waals surface area contributed by atoms with Gasteiger partial charge in [0.25, 0.3) is 5.91 Å². The molecule has 5 N–H and O–H groups in total. The number of unbranched alkanes of at least 4 members (excludes halogenated alkanes) is 3. The molecule has 1 aromatic carbocycles. The zero-order valence-electron chi connectivity index (χ0n) is 15.5. The van der Waals surface area contributed by atoms with E-state index in [0.717, 1.165) is 19.3 Å². The third-order valence-corrected chi connectivity index (χ3v) is 4.55. The van der Waals surface area contributed by atoms with Crippen LogP contribution in [0.15, 0.2) is 24.3 Å². The maximum Gasteiger partial charge on any atom is 0.253 e. The fraction of sp³-hybridized carbons (Fsp3) is 0.632. The predicted octanol–water partition coefficient (Wildman–Crippen LogP) is 0.175. The molecule has 1 aromatic rings. The number of hydrogen-bond acceptors (Lipinski definition) is 7. The molecule has 2 rings (SSSR count). The van der Waals surface area contributed by atoms with Crippen LogP contribution >= 0.6 is 0 Å². The smallest absolute Gasteiger partial charge is 0.253 e. The molecular formula is C19H29NO7. The van der Waals surface area contributed by atoms with Gasteiger partial charge in [-0.05, 0) is 30.7 Å². The molecule has 1 saturated heterocycles. The maximum absolute atomic E-state index is 12.3. The van der Waals surface area contributed by atoms with E-state index in [1.165, 1.54) is 6.42 Å². The second-order valence-corrected chi connectivity index (χ2v) is 6.66. The van der Waals surface area contributed by atoms with Crippen LogP contribution < -0.4 is 10.1 Å². The van der Waals surface area contributed by atoms with Crippen LogP contribution in [-0.2, 0) is 4.74 Å². The minimum absolute atomic E-state index is 0.324. The topological polar surface area (TPSA) is 128 Å². The highest BCUT2D eigenvalue weighted by Crippen LogP contribution is 2.20. The summed E-state index contributed by atoms with van der Waals surface area (Å²) in [5, 5.41) is 41.1. The average Bonchev–Trinajstić information content (AvgIpc) is 2.68. The third kappa shape index (κ3) is 5.88. The predicted molar refractivity (Wildman–Crippen MR) is 97.3 cm³/mol. The van der Waals surface area contributed by atoms with E-state index in [-0.39, 0.29) is 0 Å². The number of aliphatic hydroxyl groups is 4. The van der Waals surface area contributed by atoms with Crippen molar-refractivity contribution < 1.29 is 34.7 Å². The number of ether oxygens (including phenoxy) is 2. The zero-order valence-corrected chi connectivity index (χ0v) is 15.5. The molecule has 5 atom stereocenters. The molecule has 0 aromatic heterocycles. The number of rotatable bonds is 9. The van der Waals surface area contributed by atoms with Crippen molar-refractivity contribution in [1.82, 2.24) is 5.32 Å². The SMILES string of the molecule is CCCCCCOc1ccc(C(=O)N[C@@H]2O[C@H](CO)[C@@H](O)[C@H](O)[C@H]2O)cc1. The average molecular weight is 383 g/mol. The van der Waals surface area contributed by atoms with Gasteiger partial charge >= 0.3 is 0 Å². The van der Waals surface area contributed by atoms with Crippen LogP contribution in [0.3, 0.4) is 0 Å². The van der Waals surface area contributed by atoms with Gasteiger partial charge in [-0.3, -0.25) is 4.79 Å². The Labute approximate surface area is 158 Å². The standard InChI is InChI=1S/C19H29NO7/c1-2-3-4-5-10-26-13-8-6-12(7-9-13)18(25)20-19-17(24)16(23)15(22)14(11-21)27-19/h6-9,14-17,19,21-24H,2-5,10-11H2,1H3,(H,20,25)/t14-,15-,16+,17-,19-/m1/s1. The number of benzene rings is 1. The Morgan fingerprint density at radius 3 is 2.41 bits per heavy atom. The number of nitrogens with one attached hydrogen (secondary N) is 1. The highest BCUT2D eigenvalue weighted by atomic mass is 16.6. The summed E-state index contributed by atoms with van der Waals surface area (Å²) in [5.74, 6) is 0.143. The van der Waals surface area contributed by atoms with Gasteiger partial charge in [0.05, 0.1) is 13.2 Å². The van der Waals surface area contributed by atoms with E-state index < -0.39 is 43.2 Å². The van der Waals surface area contributed by atoms with Crippen molar-refractivity contribution >= 4 is 5.91 Å². The number of aliphatic hydroxyl groups excluding tert-OH is 4. The van der Waals surface area contributed by atoms with Crippen molar-refractivity contribution in [2.24, 2.45) is 0 Å². The highest BCUT2D eigenvalue weighted by molar-refractivity contribution is 5.94. The number of amides is 1. The van der Waals surface area contributed by atoms with E-state index in [0.29, 0.717) is 17.9 Å². The molecule has 0 unspecified atom stereocenters. The minimum Gasteiger partial charge on any atom is -0.494 e. The number of carbonyl (C=O) groups is 1.